The van der Waals surface area contributed by atoms with Crippen LogP contribution < -0.4 is 10.6 Å². The average molecular weight is 472 g/mol. The molecule has 0 saturated heterocycles. The Balaban J connectivity index is 1.51. The van der Waals surface area contributed by atoms with Crippen molar-refractivity contribution in [3.63, 3.8) is 0 Å². The van der Waals surface area contributed by atoms with Crippen LogP contribution in [0, 0.1) is 0 Å². The number of anilines is 3. The first-order valence-electron chi connectivity index (χ1n) is 9.99. The predicted molar refractivity (Wildman–Crippen MR) is 116 cm³/mol. The summed E-state index contributed by atoms with van der Waals surface area (Å²) in [5.74, 6) is 0.584. The van der Waals surface area contributed by atoms with Crippen molar-refractivity contribution in [3.8, 4) is 23.1 Å². The van der Waals surface area contributed by atoms with Crippen LogP contribution in [0.3, 0.4) is 0 Å². The number of nitrogens with zero attached hydrogens (tertiary/aromatic N) is 7. The van der Waals surface area contributed by atoms with E-state index >= 15 is 0 Å². The number of halogens is 3. The van der Waals surface area contributed by atoms with E-state index in [0.29, 0.717) is 17.2 Å². The van der Waals surface area contributed by atoms with E-state index in [9.17, 15) is 13.2 Å². The molecule has 0 spiro atoms. The maximum Gasteiger partial charge on any atom is 0.414 e. The number of benzene rings is 1. The molecular formula is C21H19F3N8O2. The van der Waals surface area contributed by atoms with Crippen LogP contribution in [0.5, 0.6) is 0 Å². The van der Waals surface area contributed by atoms with Crippen molar-refractivity contribution in [2.45, 2.75) is 25.8 Å². The van der Waals surface area contributed by atoms with Gasteiger partial charge in [0.2, 0.25) is 23.5 Å². The van der Waals surface area contributed by atoms with Crippen LogP contribution in [0.15, 0.2) is 53.2 Å². The molecule has 0 radical (unpaired) electrons. The fraction of sp³-hybridized carbons (Fsp3) is 0.238. The Morgan fingerprint density at radius 2 is 1.79 bits per heavy atom. The Morgan fingerprint density at radius 3 is 2.47 bits per heavy atom. The summed E-state index contributed by atoms with van der Waals surface area (Å²) >= 11 is 0. The van der Waals surface area contributed by atoms with Gasteiger partial charge in [-0.2, -0.15) is 33.1 Å². The Morgan fingerprint density at radius 1 is 1.03 bits per heavy atom. The van der Waals surface area contributed by atoms with Crippen LogP contribution in [0.25, 0.3) is 23.1 Å². The summed E-state index contributed by atoms with van der Waals surface area (Å²) in [7, 11) is 1.78. The van der Waals surface area contributed by atoms with Gasteiger partial charge in [0.25, 0.3) is 5.89 Å². The number of para-hydroxylation sites is 1. The molecule has 2 N–H and O–H groups in total. The molecule has 0 saturated carbocycles. The summed E-state index contributed by atoms with van der Waals surface area (Å²) in [6, 6.07) is 12.5. The van der Waals surface area contributed by atoms with Crippen LogP contribution in [0.1, 0.15) is 12.6 Å². The second kappa shape index (κ2) is 9.39. The summed E-state index contributed by atoms with van der Waals surface area (Å²) < 4.78 is 47.8. The normalized spacial score (nSPS) is 12.5. The molecule has 0 aliphatic carbocycles. The molecular weight excluding hydrogens is 453 g/mol. The number of hydrogen-bond donors (Lipinski definition) is 1. The van der Waals surface area contributed by atoms with E-state index in [1.165, 1.54) is 12.3 Å². The molecule has 3 heterocycles. The number of aromatic nitrogens is 6. The van der Waals surface area contributed by atoms with E-state index < -0.39 is 12.3 Å². The molecule has 10 nitrogen and oxygen atoms in total. The van der Waals surface area contributed by atoms with E-state index in [1.54, 1.807) is 18.0 Å². The van der Waals surface area contributed by atoms with Crippen LogP contribution in [-0.2, 0) is 11.3 Å². The molecule has 0 bridgehead atoms. The Kier molecular flexibility index (Phi) is 6.36. The van der Waals surface area contributed by atoms with Gasteiger partial charge in [0.15, 0.2) is 6.10 Å². The number of rotatable bonds is 7. The molecule has 34 heavy (non-hydrogen) atoms. The molecule has 0 aliphatic heterocycles. The quantitative estimate of drug-likeness (QED) is 0.424. The van der Waals surface area contributed by atoms with Gasteiger partial charge in [0.05, 0.1) is 17.9 Å². The Hall–Kier alpha value is -4.13. The Bertz CT molecular complexity index is 1250. The average Bonchev–Trinajstić information content (AvgIpc) is 3.32. The molecule has 13 heteroatoms. The zero-order valence-electron chi connectivity index (χ0n) is 18.1. The lowest BCUT2D eigenvalue weighted by atomic mass is 10.2. The lowest BCUT2D eigenvalue weighted by Gasteiger charge is -2.17. The molecule has 3 aromatic heterocycles. The third-order valence-corrected chi connectivity index (χ3v) is 4.72. The SMILES string of the molecule is CC(OCc1ccc(-c2nc(-c3nc(N)nc(N(C)c4ccccc4)n3)no2)cn1)C(F)(F)F. The highest BCUT2D eigenvalue weighted by Crippen LogP contribution is 2.25. The first-order chi connectivity index (χ1) is 16.2. The summed E-state index contributed by atoms with van der Waals surface area (Å²) in [4.78, 5) is 22.7. The van der Waals surface area contributed by atoms with Crippen LogP contribution >= 0.6 is 0 Å². The number of nitrogen functional groups attached to an aromatic ring is 1. The van der Waals surface area contributed by atoms with Gasteiger partial charge in [-0.15, -0.1) is 0 Å². The van der Waals surface area contributed by atoms with Crippen LogP contribution in [0.4, 0.5) is 30.8 Å². The van der Waals surface area contributed by atoms with Gasteiger partial charge in [-0.3, -0.25) is 4.98 Å². The predicted octanol–water partition coefficient (Wildman–Crippen LogP) is 3.80. The summed E-state index contributed by atoms with van der Waals surface area (Å²) in [6.45, 7) is 0.642. The smallest absolute Gasteiger partial charge is 0.368 e. The van der Waals surface area contributed by atoms with Gasteiger partial charge < -0.3 is 19.9 Å². The molecule has 0 amide bonds. The maximum absolute atomic E-state index is 12.6. The molecule has 1 unspecified atom stereocenters. The number of nitrogens with two attached hydrogens (primary N) is 1. The topological polar surface area (TPSA) is 129 Å². The first-order valence-corrected chi connectivity index (χ1v) is 9.99. The number of pyridine rings is 1. The minimum absolute atomic E-state index is 0.0202. The van der Waals surface area contributed by atoms with Crippen molar-refractivity contribution in [1.82, 2.24) is 30.1 Å². The summed E-state index contributed by atoms with van der Waals surface area (Å²) in [5, 5.41) is 3.90. The maximum atomic E-state index is 12.6. The van der Waals surface area contributed by atoms with E-state index in [0.717, 1.165) is 12.6 Å². The standard InChI is InChI=1S/C21H19F3N8O2/c1-12(21(22,23)24)33-11-14-9-8-13(10-26-14)18-27-17(31-34-18)16-28-19(25)30-20(29-16)32(2)15-6-4-3-5-7-15/h3-10,12H,11H2,1-2H3,(H2,25,28,29,30). The van der Waals surface area contributed by atoms with E-state index in [1.807, 2.05) is 30.3 Å². The van der Waals surface area contributed by atoms with Crippen molar-refractivity contribution in [2.75, 3.05) is 17.7 Å². The third-order valence-electron chi connectivity index (χ3n) is 4.72. The molecule has 0 aliphatic rings. The van der Waals surface area contributed by atoms with Gasteiger partial charge in [-0.05, 0) is 31.2 Å². The van der Waals surface area contributed by atoms with Gasteiger partial charge in [-0.1, -0.05) is 23.4 Å². The highest BCUT2D eigenvalue weighted by molar-refractivity contribution is 5.60. The summed E-state index contributed by atoms with van der Waals surface area (Å²) in [5.41, 5.74) is 7.47. The lowest BCUT2D eigenvalue weighted by molar-refractivity contribution is -0.217. The molecule has 176 valence electrons. The number of alkyl halides is 3. The van der Waals surface area contributed by atoms with Gasteiger partial charge in [0.1, 0.15) is 0 Å². The zero-order chi connectivity index (χ0) is 24.3. The van der Waals surface area contributed by atoms with Crippen LogP contribution in [0.2, 0.25) is 0 Å². The van der Waals surface area contributed by atoms with Crippen LogP contribution in [-0.4, -0.2) is 49.4 Å². The second-order valence-corrected chi connectivity index (χ2v) is 7.17. The molecule has 0 fully saturated rings. The highest BCUT2D eigenvalue weighted by Gasteiger charge is 2.36. The second-order valence-electron chi connectivity index (χ2n) is 7.17. The van der Waals surface area contributed by atoms with Crippen molar-refractivity contribution in [3.05, 3.63) is 54.4 Å². The fourth-order valence-corrected chi connectivity index (χ4v) is 2.77. The van der Waals surface area contributed by atoms with Crippen molar-refractivity contribution < 1.29 is 22.4 Å². The monoisotopic (exact) mass is 472 g/mol. The third kappa shape index (κ3) is 5.26. The zero-order valence-corrected chi connectivity index (χ0v) is 18.1. The number of ether oxygens (including phenoxy) is 1. The molecule has 1 aromatic carbocycles. The summed E-state index contributed by atoms with van der Waals surface area (Å²) in [6.07, 6.45) is -4.94. The minimum atomic E-state index is -4.44. The minimum Gasteiger partial charge on any atom is -0.368 e. The van der Waals surface area contributed by atoms with Gasteiger partial charge in [0, 0.05) is 18.9 Å². The van der Waals surface area contributed by atoms with E-state index in [4.69, 9.17) is 15.0 Å². The largest absolute Gasteiger partial charge is 0.414 e. The van der Waals surface area contributed by atoms with Crippen molar-refractivity contribution in [2.24, 2.45) is 0 Å². The van der Waals surface area contributed by atoms with Gasteiger partial charge >= 0.3 is 6.18 Å². The molecule has 4 rings (SSSR count). The lowest BCUT2D eigenvalue weighted by Crippen LogP contribution is -2.28. The molecule has 4 aromatic rings. The highest BCUT2D eigenvalue weighted by atomic mass is 19.4. The van der Waals surface area contributed by atoms with Crippen molar-refractivity contribution >= 4 is 17.6 Å². The van der Waals surface area contributed by atoms with E-state index in [-0.39, 0.29) is 30.1 Å². The Labute approximate surface area is 191 Å². The van der Waals surface area contributed by atoms with E-state index in [2.05, 4.69) is 30.1 Å². The first kappa shape index (κ1) is 23.0. The van der Waals surface area contributed by atoms with Crippen molar-refractivity contribution in [1.29, 1.82) is 0 Å². The fourth-order valence-electron chi connectivity index (χ4n) is 2.77. The number of hydrogen-bond acceptors (Lipinski definition) is 10. The van der Waals surface area contributed by atoms with Gasteiger partial charge in [-0.25, -0.2) is 0 Å². The molecule has 1 atom stereocenters.